The highest BCUT2D eigenvalue weighted by Gasteiger charge is 2.27. The molecule has 1 amide bonds. The quantitative estimate of drug-likeness (QED) is 0.820. The number of hydrogen-bond donors (Lipinski definition) is 2. The summed E-state index contributed by atoms with van der Waals surface area (Å²) in [5.41, 5.74) is 0.695. The summed E-state index contributed by atoms with van der Waals surface area (Å²) >= 11 is 0. The zero-order valence-electron chi connectivity index (χ0n) is 10.8. The van der Waals surface area contributed by atoms with Crippen LogP contribution >= 0.6 is 0 Å². The van der Waals surface area contributed by atoms with Crippen LogP contribution in [0, 0.1) is 6.92 Å². The molecule has 2 N–H and O–H groups in total. The van der Waals surface area contributed by atoms with Gasteiger partial charge in [-0.2, -0.15) is 0 Å². The second kappa shape index (κ2) is 5.35. The van der Waals surface area contributed by atoms with Gasteiger partial charge in [-0.05, 0) is 38.9 Å². The molecule has 0 radical (unpaired) electrons. The molecule has 2 rings (SSSR count). The molecule has 5 nitrogen and oxygen atoms in total. The van der Waals surface area contributed by atoms with Gasteiger partial charge in [-0.1, -0.05) is 0 Å². The van der Waals surface area contributed by atoms with E-state index in [1.807, 2.05) is 6.92 Å². The van der Waals surface area contributed by atoms with Crippen LogP contribution in [0.5, 0.6) is 0 Å². The van der Waals surface area contributed by atoms with Crippen molar-refractivity contribution in [3.8, 4) is 0 Å². The highest BCUT2D eigenvalue weighted by atomic mass is 16.2. The van der Waals surface area contributed by atoms with Crippen LogP contribution in [0.1, 0.15) is 29.4 Å². The number of carbonyl (C=O) groups excluding carboxylic acids is 1. The fourth-order valence-corrected chi connectivity index (χ4v) is 2.37. The van der Waals surface area contributed by atoms with Crippen molar-refractivity contribution in [2.24, 2.45) is 0 Å². The molecule has 2 heterocycles. The van der Waals surface area contributed by atoms with Crippen LogP contribution in [0.3, 0.4) is 0 Å². The minimum absolute atomic E-state index is 0.174. The van der Waals surface area contributed by atoms with E-state index >= 15 is 0 Å². The third kappa shape index (κ3) is 2.46. The normalized spacial score (nSPS) is 18.9. The number of rotatable bonds is 3. The summed E-state index contributed by atoms with van der Waals surface area (Å²) in [7, 11) is 0. The predicted molar refractivity (Wildman–Crippen MR) is 69.8 cm³/mol. The number of nitrogens with one attached hydrogen (secondary N) is 2. The first-order chi connectivity index (χ1) is 8.63. The predicted octanol–water partition coefficient (Wildman–Crippen LogP) is 0.507. The van der Waals surface area contributed by atoms with Gasteiger partial charge in [0.15, 0.2) is 0 Å². The smallest absolute Gasteiger partial charge is 0.260 e. The first-order valence-corrected chi connectivity index (χ1v) is 6.35. The van der Waals surface area contributed by atoms with Crippen LogP contribution in [-0.2, 0) is 0 Å². The first kappa shape index (κ1) is 12.8. The zero-order chi connectivity index (χ0) is 13.1. The van der Waals surface area contributed by atoms with E-state index in [1.54, 1.807) is 24.0 Å². The van der Waals surface area contributed by atoms with Crippen LogP contribution in [0.25, 0.3) is 0 Å². The van der Waals surface area contributed by atoms with Crippen LogP contribution < -0.4 is 10.9 Å². The second-order valence-electron chi connectivity index (χ2n) is 4.62. The Morgan fingerprint density at radius 3 is 2.83 bits per heavy atom. The van der Waals surface area contributed by atoms with Gasteiger partial charge in [-0.25, -0.2) is 0 Å². The molecule has 18 heavy (non-hydrogen) atoms. The van der Waals surface area contributed by atoms with Gasteiger partial charge >= 0.3 is 0 Å². The van der Waals surface area contributed by atoms with E-state index in [9.17, 15) is 9.59 Å². The van der Waals surface area contributed by atoms with Crippen molar-refractivity contribution in [2.45, 2.75) is 26.3 Å². The molecule has 1 aliphatic rings. The first-order valence-electron chi connectivity index (χ1n) is 6.35. The number of aromatic nitrogens is 1. The monoisotopic (exact) mass is 249 g/mol. The number of amides is 1. The van der Waals surface area contributed by atoms with Gasteiger partial charge in [0, 0.05) is 24.8 Å². The van der Waals surface area contributed by atoms with Crippen molar-refractivity contribution in [3.63, 3.8) is 0 Å². The lowest BCUT2D eigenvalue weighted by atomic mass is 10.1. The minimum Gasteiger partial charge on any atom is -0.334 e. The Bertz CT molecular complexity index is 489. The standard InChI is InChI=1S/C13H19N3O2/c1-3-16(10-6-7-14-8-10)13(18)11-5-4-9(2)15-12(11)17/h4-5,10,14H,3,6-8H2,1-2H3,(H,15,17). The summed E-state index contributed by atoms with van der Waals surface area (Å²) in [6.07, 6.45) is 0.948. The van der Waals surface area contributed by atoms with E-state index in [2.05, 4.69) is 10.3 Å². The summed E-state index contributed by atoms with van der Waals surface area (Å²) in [4.78, 5) is 28.6. The van der Waals surface area contributed by atoms with Crippen molar-refractivity contribution >= 4 is 5.91 Å². The van der Waals surface area contributed by atoms with Crippen LogP contribution in [-0.4, -0.2) is 41.5 Å². The van der Waals surface area contributed by atoms with Crippen molar-refractivity contribution in [2.75, 3.05) is 19.6 Å². The van der Waals surface area contributed by atoms with Crippen molar-refractivity contribution < 1.29 is 4.79 Å². The number of carbonyl (C=O) groups is 1. The SMILES string of the molecule is CCN(C(=O)c1ccc(C)[nH]c1=O)C1CCNC1. The second-order valence-corrected chi connectivity index (χ2v) is 4.62. The van der Waals surface area contributed by atoms with E-state index in [4.69, 9.17) is 0 Å². The molecule has 1 fully saturated rings. The molecule has 1 aliphatic heterocycles. The summed E-state index contributed by atoms with van der Waals surface area (Å²) in [6, 6.07) is 3.57. The highest BCUT2D eigenvalue weighted by Crippen LogP contribution is 2.11. The summed E-state index contributed by atoms with van der Waals surface area (Å²) < 4.78 is 0. The molecule has 1 aromatic heterocycles. The minimum atomic E-state index is -0.301. The van der Waals surface area contributed by atoms with Crippen molar-refractivity contribution in [3.05, 3.63) is 33.7 Å². The third-order valence-electron chi connectivity index (χ3n) is 3.36. The number of aromatic amines is 1. The van der Waals surface area contributed by atoms with Gasteiger partial charge < -0.3 is 15.2 Å². The summed E-state index contributed by atoms with van der Waals surface area (Å²) in [5.74, 6) is -0.174. The van der Waals surface area contributed by atoms with Gasteiger partial charge in [0.1, 0.15) is 5.56 Å². The lowest BCUT2D eigenvalue weighted by molar-refractivity contribution is 0.0702. The number of likely N-dealkylation sites (N-methyl/N-ethyl adjacent to an activating group) is 1. The number of pyridine rings is 1. The highest BCUT2D eigenvalue weighted by molar-refractivity contribution is 5.94. The molecule has 0 bridgehead atoms. The van der Waals surface area contributed by atoms with Gasteiger partial charge in [0.25, 0.3) is 11.5 Å². The van der Waals surface area contributed by atoms with Crippen LogP contribution in [0.15, 0.2) is 16.9 Å². The lowest BCUT2D eigenvalue weighted by Gasteiger charge is -2.26. The molecule has 98 valence electrons. The van der Waals surface area contributed by atoms with Crippen LogP contribution in [0.4, 0.5) is 0 Å². The lowest BCUT2D eigenvalue weighted by Crippen LogP contribution is -2.43. The molecule has 0 aliphatic carbocycles. The molecular weight excluding hydrogens is 230 g/mol. The Balaban J connectivity index is 2.25. The Morgan fingerprint density at radius 1 is 1.50 bits per heavy atom. The van der Waals surface area contributed by atoms with Gasteiger partial charge in [0.05, 0.1) is 0 Å². The molecule has 0 spiro atoms. The van der Waals surface area contributed by atoms with E-state index in [1.165, 1.54) is 0 Å². The Labute approximate surface area is 106 Å². The average Bonchev–Trinajstić information content (AvgIpc) is 2.83. The van der Waals surface area contributed by atoms with Gasteiger partial charge in [-0.3, -0.25) is 9.59 Å². The number of nitrogens with zero attached hydrogens (tertiary/aromatic N) is 1. The largest absolute Gasteiger partial charge is 0.334 e. The fraction of sp³-hybridized carbons (Fsp3) is 0.538. The Morgan fingerprint density at radius 2 is 2.28 bits per heavy atom. The fourth-order valence-electron chi connectivity index (χ4n) is 2.37. The summed E-state index contributed by atoms with van der Waals surface area (Å²) in [5, 5.41) is 3.24. The molecule has 1 unspecified atom stereocenters. The number of hydrogen-bond acceptors (Lipinski definition) is 3. The molecule has 1 atom stereocenters. The zero-order valence-corrected chi connectivity index (χ0v) is 10.8. The maximum absolute atomic E-state index is 12.4. The number of aryl methyl sites for hydroxylation is 1. The Kier molecular flexibility index (Phi) is 3.81. The number of H-pyrrole nitrogens is 1. The maximum Gasteiger partial charge on any atom is 0.260 e. The Hall–Kier alpha value is -1.62. The molecule has 1 saturated heterocycles. The van der Waals surface area contributed by atoms with Crippen molar-refractivity contribution in [1.82, 2.24) is 15.2 Å². The van der Waals surface area contributed by atoms with E-state index < -0.39 is 0 Å². The third-order valence-corrected chi connectivity index (χ3v) is 3.36. The average molecular weight is 249 g/mol. The maximum atomic E-state index is 12.4. The van der Waals surface area contributed by atoms with E-state index in [-0.39, 0.29) is 23.1 Å². The van der Waals surface area contributed by atoms with E-state index in [0.717, 1.165) is 25.2 Å². The molecule has 0 aromatic carbocycles. The molecular formula is C13H19N3O2. The topological polar surface area (TPSA) is 65.2 Å². The van der Waals surface area contributed by atoms with Crippen molar-refractivity contribution in [1.29, 1.82) is 0 Å². The molecule has 5 heteroatoms. The molecule has 1 aromatic rings. The summed E-state index contributed by atoms with van der Waals surface area (Å²) in [6.45, 7) is 6.10. The van der Waals surface area contributed by atoms with Crippen LogP contribution in [0.2, 0.25) is 0 Å². The van der Waals surface area contributed by atoms with Gasteiger partial charge in [0.2, 0.25) is 0 Å². The van der Waals surface area contributed by atoms with Gasteiger partial charge in [-0.15, -0.1) is 0 Å². The molecule has 0 saturated carbocycles. The van der Waals surface area contributed by atoms with E-state index in [0.29, 0.717) is 6.54 Å².